The zero-order valence-corrected chi connectivity index (χ0v) is 15.6. The van der Waals surface area contributed by atoms with E-state index in [-0.39, 0.29) is 5.78 Å². The summed E-state index contributed by atoms with van der Waals surface area (Å²) in [6.45, 7) is 0. The van der Waals surface area contributed by atoms with Crippen LogP contribution in [0.25, 0.3) is 0 Å². The van der Waals surface area contributed by atoms with Crippen molar-refractivity contribution in [2.75, 3.05) is 7.05 Å². The van der Waals surface area contributed by atoms with Crippen LogP contribution in [0.3, 0.4) is 0 Å². The van der Waals surface area contributed by atoms with Crippen LogP contribution in [-0.4, -0.2) is 40.9 Å². The molecule has 0 unspecified atom stereocenters. The van der Waals surface area contributed by atoms with Gasteiger partial charge in [0, 0.05) is 53.3 Å². The van der Waals surface area contributed by atoms with Gasteiger partial charge in [0.1, 0.15) is 0 Å². The number of amides is 1. The summed E-state index contributed by atoms with van der Waals surface area (Å²) in [7, 11) is 1.75. The molecule has 0 saturated heterocycles. The third-order valence-electron chi connectivity index (χ3n) is 4.10. The molecule has 0 aliphatic carbocycles. The normalized spacial score (nSPS) is 19.1. The molecule has 0 fully saturated rings. The summed E-state index contributed by atoms with van der Waals surface area (Å²) in [5.41, 5.74) is 2.18. The molecule has 1 N–H and O–H groups in total. The first-order valence-corrected chi connectivity index (χ1v) is 8.62. The van der Waals surface area contributed by atoms with Crippen LogP contribution in [0.1, 0.15) is 10.4 Å². The second kappa shape index (κ2) is 8.02. The highest BCUT2D eigenvalue weighted by Gasteiger charge is 2.25. The van der Waals surface area contributed by atoms with Crippen molar-refractivity contribution in [3.63, 3.8) is 0 Å². The van der Waals surface area contributed by atoms with Crippen molar-refractivity contribution < 1.29 is 19.5 Å². The average Bonchev–Trinajstić information content (AvgIpc) is 2.67. The summed E-state index contributed by atoms with van der Waals surface area (Å²) in [4.78, 5) is 41.2. The van der Waals surface area contributed by atoms with Crippen molar-refractivity contribution in [1.29, 1.82) is 0 Å². The fourth-order valence-electron chi connectivity index (χ4n) is 2.83. The molecular formula is C21H15ClN2O4. The molecule has 0 radical (unpaired) electrons. The van der Waals surface area contributed by atoms with Crippen LogP contribution in [0.15, 0.2) is 88.3 Å². The van der Waals surface area contributed by atoms with Crippen LogP contribution in [0.2, 0.25) is 5.02 Å². The molecule has 0 spiro atoms. The van der Waals surface area contributed by atoms with E-state index in [2.05, 4.69) is 4.99 Å². The first kappa shape index (κ1) is 19.3. The van der Waals surface area contributed by atoms with Gasteiger partial charge in [-0.05, 0) is 48.1 Å². The monoisotopic (exact) mass is 394 g/mol. The standard InChI is InChI=1S/C21H15ClN2O4/c1-24-10-2-3-16(21(28)13-4-7-15(22)8-5-13)20(24)17-12-23-18(25)11-14(17)6-9-19(26)27/h2-12H,1H3,(H,26,27). The maximum absolute atomic E-state index is 13.1. The van der Waals surface area contributed by atoms with Crippen LogP contribution in [0.4, 0.5) is 0 Å². The molecule has 3 rings (SSSR count). The van der Waals surface area contributed by atoms with E-state index in [1.807, 2.05) is 0 Å². The largest absolute Gasteiger partial charge is 0.478 e. The Labute approximate surface area is 166 Å². The number of rotatable bonds is 4. The number of carboxylic acids is 1. The lowest BCUT2D eigenvalue weighted by molar-refractivity contribution is -0.131. The quantitative estimate of drug-likeness (QED) is 0.625. The SMILES string of the molecule is CN1C=CC=C(C(=O)c2ccc(Cl)cc2)C1=C1C=NC(=O)C=C1C=CC(=O)O. The zero-order chi connectivity index (χ0) is 20.3. The zero-order valence-electron chi connectivity index (χ0n) is 14.8. The molecule has 7 heteroatoms. The Morgan fingerprint density at radius 1 is 1.21 bits per heavy atom. The number of carbonyl (C=O) groups excluding carboxylic acids is 2. The molecule has 2 heterocycles. The first-order valence-electron chi connectivity index (χ1n) is 8.24. The highest BCUT2D eigenvalue weighted by atomic mass is 35.5. The Balaban J connectivity index is 2.12. The predicted molar refractivity (Wildman–Crippen MR) is 106 cm³/mol. The number of aliphatic carboxylic acids is 1. The summed E-state index contributed by atoms with van der Waals surface area (Å²) >= 11 is 5.90. The van der Waals surface area contributed by atoms with E-state index < -0.39 is 11.9 Å². The van der Waals surface area contributed by atoms with Gasteiger partial charge in [-0.2, -0.15) is 0 Å². The first-order chi connectivity index (χ1) is 13.4. The number of carbonyl (C=O) groups is 3. The molecule has 0 atom stereocenters. The number of likely N-dealkylation sites (N-methyl/N-ethyl adjacent to an activating group) is 1. The highest BCUT2D eigenvalue weighted by molar-refractivity contribution is 6.30. The van der Waals surface area contributed by atoms with Crippen LogP contribution in [0, 0.1) is 0 Å². The third-order valence-corrected chi connectivity index (χ3v) is 4.35. The molecule has 0 aromatic heterocycles. The summed E-state index contributed by atoms with van der Waals surface area (Å²) < 4.78 is 0. The van der Waals surface area contributed by atoms with E-state index >= 15 is 0 Å². The Morgan fingerprint density at radius 3 is 2.61 bits per heavy atom. The molecule has 2 aliphatic heterocycles. The number of benzene rings is 1. The molecule has 1 amide bonds. The van der Waals surface area contributed by atoms with Crippen molar-refractivity contribution in [1.82, 2.24) is 4.90 Å². The number of hydrogen-bond acceptors (Lipinski definition) is 4. The van der Waals surface area contributed by atoms with E-state index in [4.69, 9.17) is 16.7 Å². The van der Waals surface area contributed by atoms with Crippen molar-refractivity contribution in [2.45, 2.75) is 0 Å². The van der Waals surface area contributed by atoms with Crippen molar-refractivity contribution >= 4 is 35.5 Å². The summed E-state index contributed by atoms with van der Waals surface area (Å²) in [6.07, 6.45) is 9.98. The van der Waals surface area contributed by atoms with E-state index in [1.165, 1.54) is 18.4 Å². The Kier molecular flexibility index (Phi) is 5.52. The highest BCUT2D eigenvalue weighted by Crippen LogP contribution is 2.30. The number of ketones is 1. The van der Waals surface area contributed by atoms with E-state index in [0.29, 0.717) is 33.0 Å². The Hall–Kier alpha value is -3.51. The minimum atomic E-state index is -1.15. The lowest BCUT2D eigenvalue weighted by Crippen LogP contribution is -2.23. The van der Waals surface area contributed by atoms with Gasteiger partial charge < -0.3 is 10.0 Å². The molecule has 6 nitrogen and oxygen atoms in total. The number of allylic oxidation sites excluding steroid dienone is 6. The van der Waals surface area contributed by atoms with Gasteiger partial charge in [0.2, 0.25) is 0 Å². The van der Waals surface area contributed by atoms with Gasteiger partial charge in [0.05, 0.1) is 5.70 Å². The van der Waals surface area contributed by atoms with Gasteiger partial charge in [-0.1, -0.05) is 11.6 Å². The number of dihydropyridines is 1. The van der Waals surface area contributed by atoms with Crippen LogP contribution in [0.5, 0.6) is 0 Å². The lowest BCUT2D eigenvalue weighted by atomic mass is 9.91. The fourth-order valence-corrected chi connectivity index (χ4v) is 2.96. The molecule has 2 aliphatic rings. The van der Waals surface area contributed by atoms with E-state index in [0.717, 1.165) is 6.08 Å². The van der Waals surface area contributed by atoms with E-state index in [9.17, 15) is 14.4 Å². The minimum Gasteiger partial charge on any atom is -0.478 e. The molecule has 28 heavy (non-hydrogen) atoms. The topological polar surface area (TPSA) is 87.0 Å². The van der Waals surface area contributed by atoms with Crippen molar-refractivity contribution in [2.24, 2.45) is 4.99 Å². The molecule has 1 aromatic carbocycles. The fraction of sp³-hybridized carbons (Fsp3) is 0.0476. The van der Waals surface area contributed by atoms with Gasteiger partial charge in [-0.3, -0.25) is 9.59 Å². The maximum Gasteiger partial charge on any atom is 0.328 e. The molecular weight excluding hydrogens is 380 g/mol. The van der Waals surface area contributed by atoms with Crippen LogP contribution in [-0.2, 0) is 9.59 Å². The number of aliphatic imine (C=N–C) groups is 1. The molecule has 0 saturated carbocycles. The molecule has 140 valence electrons. The number of hydrogen-bond donors (Lipinski definition) is 1. The maximum atomic E-state index is 13.1. The Bertz CT molecular complexity index is 1040. The average molecular weight is 395 g/mol. The van der Waals surface area contributed by atoms with Crippen molar-refractivity contribution in [3.05, 3.63) is 93.8 Å². The van der Waals surface area contributed by atoms with Gasteiger partial charge in [-0.15, -0.1) is 0 Å². The van der Waals surface area contributed by atoms with Crippen molar-refractivity contribution in [3.8, 4) is 0 Å². The summed E-state index contributed by atoms with van der Waals surface area (Å²) in [5.74, 6) is -1.88. The molecule has 1 aromatic rings. The molecule has 0 bridgehead atoms. The minimum absolute atomic E-state index is 0.234. The van der Waals surface area contributed by atoms with Crippen LogP contribution < -0.4 is 0 Å². The second-order valence-corrected chi connectivity index (χ2v) is 6.44. The number of nitrogens with zero attached hydrogens (tertiary/aromatic N) is 2. The predicted octanol–water partition coefficient (Wildman–Crippen LogP) is 3.34. The number of halogens is 1. The summed E-state index contributed by atoms with van der Waals surface area (Å²) in [6, 6.07) is 6.52. The second-order valence-electron chi connectivity index (χ2n) is 6.00. The van der Waals surface area contributed by atoms with Gasteiger partial charge in [-0.25, -0.2) is 9.79 Å². The van der Waals surface area contributed by atoms with E-state index in [1.54, 1.807) is 54.6 Å². The number of Topliss-reactive ketones (excluding diaryl/α,β-unsaturated/α-hetero) is 1. The van der Waals surface area contributed by atoms with Gasteiger partial charge in [0.25, 0.3) is 5.91 Å². The van der Waals surface area contributed by atoms with Gasteiger partial charge in [0.15, 0.2) is 5.78 Å². The number of carboxylic acid groups (broad SMARTS) is 1. The van der Waals surface area contributed by atoms with Gasteiger partial charge >= 0.3 is 5.97 Å². The third kappa shape index (κ3) is 4.07. The summed E-state index contributed by atoms with van der Waals surface area (Å²) in [5, 5.41) is 9.44. The lowest BCUT2D eigenvalue weighted by Gasteiger charge is -2.27. The van der Waals surface area contributed by atoms with Crippen LogP contribution >= 0.6 is 11.6 Å². The Morgan fingerprint density at radius 2 is 1.93 bits per heavy atom. The smallest absolute Gasteiger partial charge is 0.328 e.